The number of allylic oxidation sites excluding steroid dienone is 2. The maximum absolute atomic E-state index is 13.3. The fraction of sp³-hybridized carbons (Fsp3) is 0.778. The zero-order valence-corrected chi connectivity index (χ0v) is 7.94. The molecule has 1 aliphatic rings. The van der Waals surface area contributed by atoms with Gasteiger partial charge in [-0.3, -0.25) is 0 Å². The lowest BCUT2D eigenvalue weighted by molar-refractivity contribution is -0.0576. The molecule has 4 atom stereocenters. The van der Waals surface area contributed by atoms with E-state index < -0.39 is 29.8 Å². The van der Waals surface area contributed by atoms with Crippen molar-refractivity contribution in [3.8, 4) is 0 Å². The molecule has 0 fully saturated rings. The van der Waals surface area contributed by atoms with Gasteiger partial charge >= 0.3 is 0 Å². The Hall–Kier alpha value is -0.580. The summed E-state index contributed by atoms with van der Waals surface area (Å²) in [4.78, 5) is 0. The van der Waals surface area contributed by atoms with Crippen LogP contribution in [0.15, 0.2) is 11.9 Å². The van der Waals surface area contributed by atoms with Gasteiger partial charge < -0.3 is 4.74 Å². The second-order valence-electron chi connectivity index (χ2n) is 3.70. The minimum Gasteiger partial charge on any atom is -0.384 e. The molecule has 1 rings (SSSR count). The molecule has 1 nitrogen and oxygen atoms in total. The largest absolute Gasteiger partial charge is 0.384 e. The lowest BCUT2D eigenvalue weighted by atomic mass is 9.75. The van der Waals surface area contributed by atoms with Crippen molar-refractivity contribution < 1.29 is 22.3 Å². The summed E-state index contributed by atoms with van der Waals surface area (Å²) in [5.41, 5.74) is -1.78. The molecule has 1 aliphatic carbocycles. The molecule has 0 aliphatic heterocycles. The first-order chi connectivity index (χ1) is 6.43. The first-order valence-corrected chi connectivity index (χ1v) is 4.22. The van der Waals surface area contributed by atoms with E-state index in [-0.39, 0.29) is 6.61 Å². The Morgan fingerprint density at radius 1 is 1.43 bits per heavy atom. The third-order valence-electron chi connectivity index (χ3n) is 2.50. The quantitative estimate of drug-likeness (QED) is 0.639. The molecule has 0 spiro atoms. The van der Waals surface area contributed by atoms with Crippen molar-refractivity contribution in [2.45, 2.75) is 25.4 Å². The highest BCUT2D eigenvalue weighted by Crippen LogP contribution is 2.42. The van der Waals surface area contributed by atoms with Gasteiger partial charge in [0.25, 0.3) is 0 Å². The van der Waals surface area contributed by atoms with Crippen LogP contribution in [0.2, 0.25) is 0 Å². The average Bonchev–Trinajstić information content (AvgIpc) is 2.13. The predicted molar refractivity (Wildman–Crippen MR) is 43.9 cm³/mol. The van der Waals surface area contributed by atoms with Gasteiger partial charge in [0.2, 0.25) is 0 Å². The number of halogens is 4. The fourth-order valence-electron chi connectivity index (χ4n) is 1.60. The van der Waals surface area contributed by atoms with Crippen molar-refractivity contribution in [2.24, 2.45) is 5.41 Å². The highest BCUT2D eigenvalue weighted by Gasteiger charge is 2.51. The van der Waals surface area contributed by atoms with Crippen LogP contribution in [0.3, 0.4) is 0 Å². The number of alkyl halides is 3. The molecular weight excluding hydrogens is 200 g/mol. The molecule has 0 saturated heterocycles. The van der Waals surface area contributed by atoms with Gasteiger partial charge in [0.05, 0.1) is 12.0 Å². The van der Waals surface area contributed by atoms with Crippen LogP contribution in [0.1, 0.15) is 6.92 Å². The molecule has 0 aromatic heterocycles. The molecule has 82 valence electrons. The summed E-state index contributed by atoms with van der Waals surface area (Å²) in [6.07, 6.45) is -6.00. The van der Waals surface area contributed by atoms with Crippen LogP contribution in [-0.4, -0.2) is 32.2 Å². The summed E-state index contributed by atoms with van der Waals surface area (Å²) in [6.45, 7) is 0.766. The number of rotatable bonds is 2. The smallest absolute Gasteiger partial charge is 0.162 e. The van der Waals surface area contributed by atoms with Crippen LogP contribution in [0.25, 0.3) is 0 Å². The Bertz CT molecular complexity index is 243. The summed E-state index contributed by atoms with van der Waals surface area (Å²) < 4.78 is 57.0. The molecule has 0 bridgehead atoms. The van der Waals surface area contributed by atoms with Gasteiger partial charge in [0.15, 0.2) is 12.3 Å². The van der Waals surface area contributed by atoms with Crippen LogP contribution < -0.4 is 0 Å². The van der Waals surface area contributed by atoms with Gasteiger partial charge in [-0.1, -0.05) is 6.92 Å². The zero-order chi connectivity index (χ0) is 10.9. The number of hydrogen-bond donors (Lipinski definition) is 0. The fourth-order valence-corrected chi connectivity index (χ4v) is 1.60. The molecule has 0 N–H and O–H groups in total. The highest BCUT2D eigenvalue weighted by molar-refractivity contribution is 5.18. The second kappa shape index (κ2) is 3.88. The van der Waals surface area contributed by atoms with E-state index in [4.69, 9.17) is 0 Å². The zero-order valence-electron chi connectivity index (χ0n) is 7.94. The van der Waals surface area contributed by atoms with Gasteiger partial charge in [-0.05, 0) is 6.08 Å². The van der Waals surface area contributed by atoms with Crippen molar-refractivity contribution in [1.82, 2.24) is 0 Å². The van der Waals surface area contributed by atoms with Crippen molar-refractivity contribution in [3.63, 3.8) is 0 Å². The van der Waals surface area contributed by atoms with E-state index in [1.165, 1.54) is 7.11 Å². The third-order valence-corrected chi connectivity index (χ3v) is 2.50. The van der Waals surface area contributed by atoms with E-state index >= 15 is 0 Å². The summed E-state index contributed by atoms with van der Waals surface area (Å²) in [5, 5.41) is 0. The normalized spacial score (nSPS) is 43.6. The summed E-state index contributed by atoms with van der Waals surface area (Å²) in [6, 6.07) is 0. The van der Waals surface area contributed by atoms with Crippen molar-refractivity contribution in [2.75, 3.05) is 13.7 Å². The minimum absolute atomic E-state index is 0.340. The Morgan fingerprint density at radius 3 is 2.50 bits per heavy atom. The van der Waals surface area contributed by atoms with Crippen molar-refractivity contribution in [1.29, 1.82) is 0 Å². The molecule has 0 saturated carbocycles. The Labute approximate surface area is 79.7 Å². The number of hydrogen-bond acceptors (Lipinski definition) is 1. The Kier molecular flexibility index (Phi) is 3.19. The van der Waals surface area contributed by atoms with E-state index in [9.17, 15) is 17.6 Å². The molecule has 3 unspecified atom stereocenters. The summed E-state index contributed by atoms with van der Waals surface area (Å²) >= 11 is 0. The molecule has 0 heterocycles. The maximum atomic E-state index is 13.3. The predicted octanol–water partition coefficient (Wildman–Crippen LogP) is 2.52. The van der Waals surface area contributed by atoms with E-state index in [0.29, 0.717) is 6.08 Å². The van der Waals surface area contributed by atoms with Crippen molar-refractivity contribution >= 4 is 0 Å². The molecular formula is C9H12F4O. The van der Waals surface area contributed by atoms with Gasteiger partial charge in [-0.15, -0.1) is 0 Å². The second-order valence-corrected chi connectivity index (χ2v) is 3.70. The van der Waals surface area contributed by atoms with Crippen molar-refractivity contribution in [3.05, 3.63) is 11.9 Å². The minimum atomic E-state index is -2.15. The Balaban J connectivity index is 2.99. The third kappa shape index (κ3) is 1.65. The maximum Gasteiger partial charge on any atom is 0.162 e. The first kappa shape index (κ1) is 11.5. The lowest BCUT2D eigenvalue weighted by Crippen LogP contribution is -2.49. The monoisotopic (exact) mass is 212 g/mol. The standard InChI is InChI=1S/C9H12F4O/c1-9(4-14-2)7(12)5(10)3-6(11)8(9)13/h3,5,7-8H,4H2,1-2H3/t5?,7?,8-,9?/m0/s1. The molecule has 0 amide bonds. The SMILES string of the molecule is COCC1(C)C(F)C(F)C=C(F)[C@@H]1F. The average molecular weight is 212 g/mol. The van der Waals surface area contributed by atoms with Gasteiger partial charge in [-0.2, -0.15) is 0 Å². The van der Waals surface area contributed by atoms with Gasteiger partial charge in [0.1, 0.15) is 12.0 Å². The van der Waals surface area contributed by atoms with Crippen LogP contribution in [-0.2, 0) is 4.74 Å². The molecule has 0 radical (unpaired) electrons. The van der Waals surface area contributed by atoms with E-state index in [2.05, 4.69) is 4.74 Å². The molecule has 0 aromatic carbocycles. The highest BCUT2D eigenvalue weighted by atomic mass is 19.2. The first-order valence-electron chi connectivity index (χ1n) is 4.22. The van der Waals surface area contributed by atoms with E-state index in [1.807, 2.05) is 0 Å². The van der Waals surface area contributed by atoms with Crippen LogP contribution in [0.5, 0.6) is 0 Å². The Morgan fingerprint density at radius 2 is 2.00 bits per heavy atom. The lowest BCUT2D eigenvalue weighted by Gasteiger charge is -2.38. The van der Waals surface area contributed by atoms with E-state index in [1.54, 1.807) is 0 Å². The van der Waals surface area contributed by atoms with Gasteiger partial charge in [-0.25, -0.2) is 17.6 Å². The molecule has 14 heavy (non-hydrogen) atoms. The van der Waals surface area contributed by atoms with E-state index in [0.717, 1.165) is 6.92 Å². The van der Waals surface area contributed by atoms with Crippen LogP contribution in [0.4, 0.5) is 17.6 Å². The molecule has 0 aromatic rings. The van der Waals surface area contributed by atoms with Crippen LogP contribution >= 0.6 is 0 Å². The number of ether oxygens (including phenoxy) is 1. The topological polar surface area (TPSA) is 9.23 Å². The van der Waals surface area contributed by atoms with Crippen LogP contribution in [0, 0.1) is 5.41 Å². The van der Waals surface area contributed by atoms with Gasteiger partial charge in [0, 0.05) is 7.11 Å². The summed E-state index contributed by atoms with van der Waals surface area (Å²) in [5.74, 6) is -1.26. The number of methoxy groups -OCH3 is 1. The summed E-state index contributed by atoms with van der Waals surface area (Å²) in [7, 11) is 1.23. The molecule has 5 heteroatoms.